The summed E-state index contributed by atoms with van der Waals surface area (Å²) in [4.78, 5) is 0. The lowest BCUT2D eigenvalue weighted by Gasteiger charge is -2.14. The summed E-state index contributed by atoms with van der Waals surface area (Å²) in [5.74, 6) is 0. The second kappa shape index (κ2) is 10.4. The molecule has 0 spiro atoms. The molecule has 0 fully saturated rings. The lowest BCUT2D eigenvalue weighted by molar-refractivity contribution is 0.140. The van der Waals surface area contributed by atoms with E-state index in [1.54, 1.807) is 0 Å². The van der Waals surface area contributed by atoms with Gasteiger partial charge in [-0.3, -0.25) is 0 Å². The number of unbranched alkanes of at least 4 members (excludes halogenated alkanes) is 2. The lowest BCUT2D eigenvalue weighted by Crippen LogP contribution is -2.27. The Balaban J connectivity index is 3.28. The van der Waals surface area contributed by atoms with E-state index in [1.165, 1.54) is 0 Å². The van der Waals surface area contributed by atoms with E-state index in [4.69, 9.17) is 13.0 Å². The predicted octanol–water partition coefficient (Wildman–Crippen LogP) is 0.634. The fourth-order valence-electron chi connectivity index (χ4n) is 0.832. The van der Waals surface area contributed by atoms with Crippen molar-refractivity contribution in [3.63, 3.8) is 0 Å². The van der Waals surface area contributed by atoms with Crippen LogP contribution in [0.1, 0.15) is 39.5 Å². The second-order valence-electron chi connectivity index (χ2n) is 2.97. The average molecular weight is 222 g/mol. The van der Waals surface area contributed by atoms with Gasteiger partial charge in [0, 0.05) is 13.2 Å². The molecule has 0 saturated carbocycles. The van der Waals surface area contributed by atoms with Crippen LogP contribution in [0.3, 0.4) is 0 Å². The van der Waals surface area contributed by atoms with Crippen molar-refractivity contribution >= 4 is 20.0 Å². The fourth-order valence-corrected chi connectivity index (χ4v) is 2.74. The normalized spacial score (nSPS) is 11.3. The molecule has 0 unspecified atom stereocenters. The van der Waals surface area contributed by atoms with Gasteiger partial charge in [-0.25, -0.2) is 0 Å². The van der Waals surface area contributed by atoms with E-state index >= 15 is 0 Å². The van der Waals surface area contributed by atoms with Crippen molar-refractivity contribution in [3.8, 4) is 0 Å². The first kappa shape index (κ1) is 13.3. The molecule has 0 atom stereocenters. The van der Waals surface area contributed by atoms with Gasteiger partial charge >= 0.3 is 9.53 Å². The van der Waals surface area contributed by atoms with Crippen LogP contribution in [0.25, 0.3) is 0 Å². The molecule has 0 aromatic heterocycles. The Kier molecular flexibility index (Phi) is 10.6. The van der Waals surface area contributed by atoms with Crippen LogP contribution in [0.15, 0.2) is 0 Å². The zero-order valence-electron chi connectivity index (χ0n) is 9.04. The Morgan fingerprint density at radius 3 is 1.77 bits per heavy atom. The Hall–Kier alpha value is 0.314. The maximum Gasteiger partial charge on any atom is 0.473 e. The van der Waals surface area contributed by atoms with Gasteiger partial charge in [0.25, 0.3) is 0 Å². The first-order valence-corrected chi connectivity index (χ1v) is 7.34. The molecule has 0 aliphatic carbocycles. The van der Waals surface area contributed by atoms with Gasteiger partial charge < -0.3 is 13.0 Å². The zero-order chi connectivity index (χ0) is 9.94. The Morgan fingerprint density at radius 2 is 1.46 bits per heavy atom. The van der Waals surface area contributed by atoms with Crippen LogP contribution in [0.4, 0.5) is 0 Å². The summed E-state index contributed by atoms with van der Waals surface area (Å²) < 4.78 is 16.3. The highest BCUT2D eigenvalue weighted by Crippen LogP contribution is 1.96. The molecule has 0 rings (SSSR count). The average Bonchev–Trinajstić information content (AvgIpc) is 2.16. The van der Waals surface area contributed by atoms with E-state index in [1.807, 2.05) is 0 Å². The zero-order valence-corrected chi connectivity index (χ0v) is 12.2. The van der Waals surface area contributed by atoms with Gasteiger partial charge in [-0.1, -0.05) is 26.7 Å². The number of rotatable bonds is 9. The third-order valence-electron chi connectivity index (χ3n) is 1.70. The van der Waals surface area contributed by atoms with Crippen LogP contribution in [0.2, 0.25) is 0 Å². The van der Waals surface area contributed by atoms with Crippen molar-refractivity contribution in [3.05, 3.63) is 0 Å². The highest BCUT2D eigenvalue weighted by atomic mass is 28.4. The largest absolute Gasteiger partial charge is 0.473 e. The van der Waals surface area contributed by atoms with Crippen LogP contribution >= 0.6 is 0 Å². The maximum absolute atomic E-state index is 5.51. The van der Waals surface area contributed by atoms with E-state index in [0.29, 0.717) is 0 Å². The number of hydrogen-bond acceptors (Lipinski definition) is 3. The van der Waals surface area contributed by atoms with Crippen LogP contribution in [-0.4, -0.2) is 33.2 Å². The summed E-state index contributed by atoms with van der Waals surface area (Å²) in [5, 5.41) is 0. The molecule has 0 radical (unpaired) electrons. The molecule has 0 aromatic carbocycles. The van der Waals surface area contributed by atoms with Crippen molar-refractivity contribution in [1.29, 1.82) is 0 Å². The SMILES string of the molecule is CCCCO[SiH](O[SiH3])OCCCC. The first-order valence-electron chi connectivity index (χ1n) is 5.11. The van der Waals surface area contributed by atoms with Gasteiger partial charge in [-0.2, -0.15) is 0 Å². The molecule has 0 N–H and O–H groups in total. The van der Waals surface area contributed by atoms with E-state index in [0.717, 1.165) is 49.4 Å². The highest BCUT2D eigenvalue weighted by Gasteiger charge is 2.11. The monoisotopic (exact) mass is 222 g/mol. The molecule has 0 heterocycles. The maximum atomic E-state index is 5.51. The molecule has 0 amide bonds. The number of hydrogen-bond donors (Lipinski definition) is 0. The summed E-state index contributed by atoms with van der Waals surface area (Å²) in [6.07, 6.45) is 4.53. The van der Waals surface area contributed by atoms with Gasteiger partial charge in [0.15, 0.2) is 0 Å². The highest BCUT2D eigenvalue weighted by molar-refractivity contribution is 6.42. The minimum atomic E-state index is -1.71. The Bertz CT molecular complexity index is 93.4. The van der Waals surface area contributed by atoms with Crippen molar-refractivity contribution in [1.82, 2.24) is 0 Å². The molecular weight excluding hydrogens is 200 g/mol. The van der Waals surface area contributed by atoms with Gasteiger partial charge in [0.2, 0.25) is 0 Å². The van der Waals surface area contributed by atoms with Gasteiger partial charge in [-0.05, 0) is 12.8 Å². The second-order valence-corrected chi connectivity index (χ2v) is 6.10. The smallest absolute Gasteiger partial charge is 0.427 e. The summed E-state index contributed by atoms with van der Waals surface area (Å²) in [7, 11) is -0.994. The summed E-state index contributed by atoms with van der Waals surface area (Å²) >= 11 is 0. The van der Waals surface area contributed by atoms with Crippen molar-refractivity contribution in [2.24, 2.45) is 0 Å². The third kappa shape index (κ3) is 8.64. The van der Waals surface area contributed by atoms with Crippen LogP contribution < -0.4 is 0 Å². The quantitative estimate of drug-likeness (QED) is 0.423. The molecule has 0 aromatic rings. The molecule has 0 aliphatic heterocycles. The van der Waals surface area contributed by atoms with E-state index < -0.39 is 9.53 Å². The lowest BCUT2D eigenvalue weighted by atomic mass is 10.4. The van der Waals surface area contributed by atoms with Crippen LogP contribution in [0.5, 0.6) is 0 Å². The van der Waals surface area contributed by atoms with E-state index in [2.05, 4.69) is 13.8 Å². The molecule has 3 nitrogen and oxygen atoms in total. The summed E-state index contributed by atoms with van der Waals surface area (Å²) in [6, 6.07) is 0. The first-order chi connectivity index (χ1) is 6.35. The minimum Gasteiger partial charge on any atom is -0.427 e. The molecule has 13 heavy (non-hydrogen) atoms. The predicted molar refractivity (Wildman–Crippen MR) is 59.9 cm³/mol. The Labute approximate surface area is 86.3 Å². The van der Waals surface area contributed by atoms with E-state index in [-0.39, 0.29) is 0 Å². The molecule has 0 saturated heterocycles. The van der Waals surface area contributed by atoms with Crippen LogP contribution in [-0.2, 0) is 13.0 Å². The van der Waals surface area contributed by atoms with Crippen LogP contribution in [0, 0.1) is 0 Å². The van der Waals surface area contributed by atoms with Gasteiger partial charge in [0.1, 0.15) is 10.5 Å². The molecular formula is C8H22O3Si2. The summed E-state index contributed by atoms with van der Waals surface area (Å²) in [6.45, 7) is 5.89. The standard InChI is InChI=1S/C8H22O3Si2/c1-3-5-7-9-13(11-12)10-8-6-4-2/h13H,3-8H2,1-2,12H3. The molecule has 80 valence electrons. The van der Waals surface area contributed by atoms with Crippen molar-refractivity contribution in [2.75, 3.05) is 13.2 Å². The topological polar surface area (TPSA) is 27.7 Å². The van der Waals surface area contributed by atoms with Gasteiger partial charge in [0.05, 0.1) is 0 Å². The minimum absolute atomic E-state index is 0.721. The Morgan fingerprint density at radius 1 is 1.00 bits per heavy atom. The molecule has 0 bridgehead atoms. The fraction of sp³-hybridized carbons (Fsp3) is 1.00. The van der Waals surface area contributed by atoms with Gasteiger partial charge in [-0.15, -0.1) is 0 Å². The van der Waals surface area contributed by atoms with Crippen molar-refractivity contribution < 1.29 is 13.0 Å². The third-order valence-corrected chi connectivity index (χ3v) is 4.25. The van der Waals surface area contributed by atoms with Crippen molar-refractivity contribution in [2.45, 2.75) is 39.5 Å². The molecule has 0 aliphatic rings. The molecule has 5 heteroatoms. The van der Waals surface area contributed by atoms with E-state index in [9.17, 15) is 0 Å². The summed E-state index contributed by atoms with van der Waals surface area (Å²) in [5.41, 5.74) is 0.